The minimum Gasteiger partial charge on any atom is -0.494 e. The number of ether oxygens (including phenoxy) is 2. The van der Waals surface area contributed by atoms with Gasteiger partial charge in [0.15, 0.2) is 0 Å². The van der Waals surface area contributed by atoms with Gasteiger partial charge in [-0.2, -0.15) is 0 Å². The van der Waals surface area contributed by atoms with E-state index in [-0.39, 0.29) is 6.04 Å². The zero-order valence-electron chi connectivity index (χ0n) is 11.6. The first-order valence-corrected chi connectivity index (χ1v) is 7.10. The molecule has 106 valence electrons. The number of rotatable bonds is 6. The van der Waals surface area contributed by atoms with Crippen LogP contribution in [0.3, 0.4) is 0 Å². The molecule has 3 N–H and O–H groups in total. The van der Waals surface area contributed by atoms with Gasteiger partial charge in [0, 0.05) is 19.3 Å². The van der Waals surface area contributed by atoms with Gasteiger partial charge >= 0.3 is 0 Å². The van der Waals surface area contributed by atoms with E-state index < -0.39 is 0 Å². The fourth-order valence-electron chi connectivity index (χ4n) is 2.58. The first-order chi connectivity index (χ1) is 9.33. The second-order valence-corrected chi connectivity index (χ2v) is 5.01. The molecule has 1 aromatic rings. The van der Waals surface area contributed by atoms with E-state index in [1.54, 1.807) is 0 Å². The van der Waals surface area contributed by atoms with E-state index >= 15 is 0 Å². The van der Waals surface area contributed by atoms with Crippen LogP contribution in [0.4, 0.5) is 0 Å². The average Bonchev–Trinajstić information content (AvgIpc) is 2.47. The lowest BCUT2D eigenvalue weighted by molar-refractivity contribution is 0.0605. The lowest BCUT2D eigenvalue weighted by Crippen LogP contribution is -2.31. The Kier molecular flexibility index (Phi) is 5.63. The van der Waals surface area contributed by atoms with E-state index in [1.807, 2.05) is 19.1 Å². The summed E-state index contributed by atoms with van der Waals surface area (Å²) in [6, 6.07) is 8.41. The summed E-state index contributed by atoms with van der Waals surface area (Å²) >= 11 is 0. The van der Waals surface area contributed by atoms with Crippen molar-refractivity contribution in [3.05, 3.63) is 29.8 Å². The van der Waals surface area contributed by atoms with Gasteiger partial charge in [-0.15, -0.1) is 0 Å². The number of hydrogen-bond acceptors (Lipinski definition) is 4. The predicted molar refractivity (Wildman–Crippen MR) is 75.8 cm³/mol. The van der Waals surface area contributed by atoms with Gasteiger partial charge in [0.25, 0.3) is 0 Å². The van der Waals surface area contributed by atoms with Crippen LogP contribution >= 0.6 is 0 Å². The summed E-state index contributed by atoms with van der Waals surface area (Å²) in [5, 5.41) is 0. The van der Waals surface area contributed by atoms with Gasteiger partial charge < -0.3 is 9.47 Å². The van der Waals surface area contributed by atoms with Gasteiger partial charge in [-0.3, -0.25) is 11.3 Å². The third-order valence-corrected chi connectivity index (χ3v) is 3.70. The van der Waals surface area contributed by atoms with Crippen molar-refractivity contribution in [3.8, 4) is 5.75 Å². The summed E-state index contributed by atoms with van der Waals surface area (Å²) in [4.78, 5) is 0. The molecule has 4 heteroatoms. The quantitative estimate of drug-likeness (QED) is 0.612. The van der Waals surface area contributed by atoms with Gasteiger partial charge in [-0.05, 0) is 49.8 Å². The standard InChI is InChI=1S/C15H24N2O2/c1-2-19-14-5-3-13(4-6-14)15(17-16)11-12-7-9-18-10-8-12/h3-6,12,15,17H,2,7-11,16H2,1H3. The molecule has 1 aliphatic heterocycles. The maximum absolute atomic E-state index is 5.71. The van der Waals surface area contributed by atoms with Crippen LogP contribution < -0.4 is 16.0 Å². The van der Waals surface area contributed by atoms with Crippen molar-refractivity contribution in [2.24, 2.45) is 11.8 Å². The summed E-state index contributed by atoms with van der Waals surface area (Å²) in [7, 11) is 0. The molecule has 1 atom stereocenters. The highest BCUT2D eigenvalue weighted by molar-refractivity contribution is 5.29. The molecule has 2 rings (SSSR count). The summed E-state index contributed by atoms with van der Waals surface area (Å²) in [5.74, 6) is 7.31. The molecule has 0 saturated carbocycles. The molecular weight excluding hydrogens is 240 g/mol. The summed E-state index contributed by atoms with van der Waals surface area (Å²) in [6.45, 7) is 4.44. The Labute approximate surface area is 115 Å². The largest absolute Gasteiger partial charge is 0.494 e. The Hall–Kier alpha value is -1.10. The van der Waals surface area contributed by atoms with Crippen molar-refractivity contribution in [2.45, 2.75) is 32.2 Å². The molecule has 1 heterocycles. The molecule has 4 nitrogen and oxygen atoms in total. The van der Waals surface area contributed by atoms with E-state index in [4.69, 9.17) is 15.3 Å². The molecule has 1 aromatic carbocycles. The summed E-state index contributed by atoms with van der Waals surface area (Å²) < 4.78 is 10.9. The molecule has 0 aliphatic carbocycles. The Morgan fingerprint density at radius 2 is 2.00 bits per heavy atom. The zero-order chi connectivity index (χ0) is 13.5. The lowest BCUT2D eigenvalue weighted by atomic mass is 9.90. The second kappa shape index (κ2) is 7.48. The van der Waals surface area contributed by atoms with Crippen molar-refractivity contribution in [1.82, 2.24) is 5.43 Å². The minimum atomic E-state index is 0.207. The van der Waals surface area contributed by atoms with Crippen molar-refractivity contribution < 1.29 is 9.47 Å². The van der Waals surface area contributed by atoms with Crippen LogP contribution in [-0.4, -0.2) is 19.8 Å². The molecule has 1 saturated heterocycles. The van der Waals surface area contributed by atoms with Gasteiger partial charge in [0.1, 0.15) is 5.75 Å². The van der Waals surface area contributed by atoms with Crippen LogP contribution in [0, 0.1) is 5.92 Å². The van der Waals surface area contributed by atoms with Crippen LogP contribution in [0.5, 0.6) is 5.75 Å². The first kappa shape index (κ1) is 14.3. The second-order valence-electron chi connectivity index (χ2n) is 5.01. The monoisotopic (exact) mass is 264 g/mol. The fourth-order valence-corrected chi connectivity index (χ4v) is 2.58. The van der Waals surface area contributed by atoms with E-state index in [1.165, 1.54) is 5.56 Å². The number of nitrogens with one attached hydrogen (secondary N) is 1. The van der Waals surface area contributed by atoms with E-state index in [2.05, 4.69) is 17.6 Å². The highest BCUT2D eigenvalue weighted by Gasteiger charge is 2.19. The Balaban J connectivity index is 1.95. The SMILES string of the molecule is CCOc1ccc(C(CC2CCOCC2)NN)cc1. The van der Waals surface area contributed by atoms with Crippen LogP contribution in [-0.2, 0) is 4.74 Å². The fraction of sp³-hybridized carbons (Fsp3) is 0.600. The normalized spacial score (nSPS) is 18.2. The maximum Gasteiger partial charge on any atom is 0.119 e. The minimum absolute atomic E-state index is 0.207. The number of nitrogens with two attached hydrogens (primary N) is 1. The van der Waals surface area contributed by atoms with Gasteiger partial charge in [0.05, 0.1) is 6.61 Å². The topological polar surface area (TPSA) is 56.5 Å². The van der Waals surface area contributed by atoms with Gasteiger partial charge in [0.2, 0.25) is 0 Å². The predicted octanol–water partition coefficient (Wildman–Crippen LogP) is 2.41. The molecule has 1 fully saturated rings. The van der Waals surface area contributed by atoms with Crippen molar-refractivity contribution in [2.75, 3.05) is 19.8 Å². The van der Waals surface area contributed by atoms with Crippen LogP contribution in [0.1, 0.15) is 37.8 Å². The Morgan fingerprint density at radius 1 is 1.32 bits per heavy atom. The van der Waals surface area contributed by atoms with Crippen LogP contribution in [0.15, 0.2) is 24.3 Å². The molecule has 0 spiro atoms. The third kappa shape index (κ3) is 4.20. The van der Waals surface area contributed by atoms with E-state index in [0.717, 1.165) is 38.2 Å². The van der Waals surface area contributed by atoms with Crippen LogP contribution in [0.25, 0.3) is 0 Å². The molecule has 0 aromatic heterocycles. The van der Waals surface area contributed by atoms with Crippen molar-refractivity contribution in [3.63, 3.8) is 0 Å². The molecule has 1 unspecified atom stereocenters. The van der Waals surface area contributed by atoms with Gasteiger partial charge in [-0.1, -0.05) is 12.1 Å². The molecule has 0 radical (unpaired) electrons. The number of hydrazine groups is 1. The van der Waals surface area contributed by atoms with E-state index in [0.29, 0.717) is 12.5 Å². The Bertz CT molecular complexity index is 361. The average molecular weight is 264 g/mol. The zero-order valence-corrected chi connectivity index (χ0v) is 11.6. The smallest absolute Gasteiger partial charge is 0.119 e. The highest BCUT2D eigenvalue weighted by Crippen LogP contribution is 2.28. The molecular formula is C15H24N2O2. The molecule has 0 amide bonds. The van der Waals surface area contributed by atoms with E-state index in [9.17, 15) is 0 Å². The molecule has 0 bridgehead atoms. The third-order valence-electron chi connectivity index (χ3n) is 3.70. The molecule has 1 aliphatic rings. The lowest BCUT2D eigenvalue weighted by Gasteiger charge is -2.26. The maximum atomic E-state index is 5.71. The summed E-state index contributed by atoms with van der Waals surface area (Å²) in [6.07, 6.45) is 3.33. The van der Waals surface area contributed by atoms with Gasteiger partial charge in [-0.25, -0.2) is 0 Å². The number of hydrogen-bond donors (Lipinski definition) is 2. The van der Waals surface area contributed by atoms with Crippen molar-refractivity contribution >= 4 is 0 Å². The van der Waals surface area contributed by atoms with Crippen molar-refractivity contribution in [1.29, 1.82) is 0 Å². The summed E-state index contributed by atoms with van der Waals surface area (Å²) in [5.41, 5.74) is 4.16. The highest BCUT2D eigenvalue weighted by atomic mass is 16.5. The Morgan fingerprint density at radius 3 is 2.58 bits per heavy atom. The first-order valence-electron chi connectivity index (χ1n) is 7.10. The molecule has 19 heavy (non-hydrogen) atoms. The number of benzene rings is 1. The van der Waals surface area contributed by atoms with Crippen LogP contribution in [0.2, 0.25) is 0 Å².